The number of carbonyl (C=O) groups is 2. The molecule has 0 bridgehead atoms. The summed E-state index contributed by atoms with van der Waals surface area (Å²) >= 11 is 6.11. The Bertz CT molecular complexity index is 1370. The molecule has 0 aliphatic rings. The van der Waals surface area contributed by atoms with Crippen LogP contribution < -0.4 is 15.8 Å². The second-order valence-electron chi connectivity index (χ2n) is 8.73. The summed E-state index contributed by atoms with van der Waals surface area (Å²) < 4.78 is 28.6. The maximum Gasteiger partial charge on any atom is 0.262 e. The standard InChI is InChI=1S/C26H28ClN3O4S/c1-15(2)24(25(28)31)29-26(32)19-10-8-18(9-11-19)20-6-5-7-21(14-20)30-35(33,34)23-13-16(3)22(27)12-17(23)4/h5-15,24,30H,1-4H3,(H2,28,31)(H,29,32)/t24-/m0/s1. The third-order valence-electron chi connectivity index (χ3n) is 5.60. The molecule has 3 rings (SSSR count). The van der Waals surface area contributed by atoms with Gasteiger partial charge < -0.3 is 11.1 Å². The predicted octanol–water partition coefficient (Wildman–Crippen LogP) is 4.66. The minimum absolute atomic E-state index is 0.136. The van der Waals surface area contributed by atoms with Crippen LogP contribution in [0, 0.1) is 19.8 Å². The molecule has 0 aliphatic carbocycles. The van der Waals surface area contributed by atoms with Crippen molar-refractivity contribution >= 4 is 39.1 Å². The van der Waals surface area contributed by atoms with Crippen molar-refractivity contribution < 1.29 is 18.0 Å². The third kappa shape index (κ3) is 6.21. The first-order valence-corrected chi connectivity index (χ1v) is 12.9. The first-order valence-electron chi connectivity index (χ1n) is 11.0. The van der Waals surface area contributed by atoms with Gasteiger partial charge in [0, 0.05) is 16.3 Å². The molecular weight excluding hydrogens is 486 g/mol. The van der Waals surface area contributed by atoms with Crippen LogP contribution in [0.3, 0.4) is 0 Å². The Hall–Kier alpha value is -3.36. The number of primary amides is 1. The zero-order valence-electron chi connectivity index (χ0n) is 19.9. The lowest BCUT2D eigenvalue weighted by molar-refractivity contribution is -0.120. The molecule has 3 aromatic carbocycles. The normalized spacial score (nSPS) is 12.3. The number of hydrogen-bond acceptors (Lipinski definition) is 4. The lowest BCUT2D eigenvalue weighted by atomic mass is 10.0. The molecule has 0 unspecified atom stereocenters. The molecule has 7 nitrogen and oxygen atoms in total. The number of nitrogens with one attached hydrogen (secondary N) is 2. The SMILES string of the molecule is Cc1cc(S(=O)(=O)Nc2cccc(-c3ccc(C(=O)N[C@H](C(N)=O)C(C)C)cc3)c2)c(C)cc1Cl. The van der Waals surface area contributed by atoms with Gasteiger partial charge in [-0.2, -0.15) is 0 Å². The first-order chi connectivity index (χ1) is 16.4. The van der Waals surface area contributed by atoms with E-state index in [0.29, 0.717) is 27.4 Å². The number of aryl methyl sites for hydroxylation is 2. The van der Waals surface area contributed by atoms with Crippen molar-refractivity contribution in [3.8, 4) is 11.1 Å². The number of sulfonamides is 1. The quantitative estimate of drug-likeness (QED) is 0.405. The van der Waals surface area contributed by atoms with Crippen LogP contribution in [0.5, 0.6) is 0 Å². The Labute approximate surface area is 210 Å². The molecule has 0 spiro atoms. The van der Waals surface area contributed by atoms with Crippen molar-refractivity contribution in [1.29, 1.82) is 0 Å². The van der Waals surface area contributed by atoms with Gasteiger partial charge in [0.15, 0.2) is 0 Å². The van der Waals surface area contributed by atoms with Crippen molar-refractivity contribution in [1.82, 2.24) is 5.32 Å². The number of amides is 2. The number of anilines is 1. The number of benzene rings is 3. The average Bonchev–Trinajstić information content (AvgIpc) is 2.79. The summed E-state index contributed by atoms with van der Waals surface area (Å²) in [6.07, 6.45) is 0. The molecule has 0 heterocycles. The Morgan fingerprint density at radius 2 is 1.57 bits per heavy atom. The van der Waals surface area contributed by atoms with Gasteiger partial charge in [0.1, 0.15) is 6.04 Å². The van der Waals surface area contributed by atoms with E-state index >= 15 is 0 Å². The summed E-state index contributed by atoms with van der Waals surface area (Å²) in [4.78, 5) is 24.3. The molecule has 0 radical (unpaired) electrons. The Morgan fingerprint density at radius 3 is 2.17 bits per heavy atom. The molecular formula is C26H28ClN3O4S. The Morgan fingerprint density at radius 1 is 0.914 bits per heavy atom. The van der Waals surface area contributed by atoms with Gasteiger partial charge in [0.05, 0.1) is 4.90 Å². The van der Waals surface area contributed by atoms with Crippen LogP contribution in [0.15, 0.2) is 65.6 Å². The fraction of sp³-hybridized carbons (Fsp3) is 0.231. The third-order valence-corrected chi connectivity index (χ3v) is 7.53. The van der Waals surface area contributed by atoms with Crippen molar-refractivity contribution in [2.24, 2.45) is 11.7 Å². The minimum atomic E-state index is -3.83. The van der Waals surface area contributed by atoms with Crippen LogP contribution in [-0.2, 0) is 14.8 Å². The van der Waals surface area contributed by atoms with Gasteiger partial charge in [0.25, 0.3) is 15.9 Å². The zero-order chi connectivity index (χ0) is 25.9. The second kappa shape index (κ2) is 10.5. The minimum Gasteiger partial charge on any atom is -0.368 e. The maximum atomic E-state index is 13.0. The highest BCUT2D eigenvalue weighted by molar-refractivity contribution is 7.92. The summed E-state index contributed by atoms with van der Waals surface area (Å²) in [5, 5.41) is 3.16. The first kappa shape index (κ1) is 26.2. The summed E-state index contributed by atoms with van der Waals surface area (Å²) in [5.41, 5.74) is 8.93. The summed E-state index contributed by atoms with van der Waals surface area (Å²) in [6.45, 7) is 7.05. The van der Waals surface area contributed by atoms with Crippen LogP contribution >= 0.6 is 11.6 Å². The van der Waals surface area contributed by atoms with E-state index in [4.69, 9.17) is 17.3 Å². The summed E-state index contributed by atoms with van der Waals surface area (Å²) in [6, 6.07) is 16.2. The van der Waals surface area contributed by atoms with Crippen LogP contribution in [0.1, 0.15) is 35.3 Å². The molecule has 35 heavy (non-hydrogen) atoms. The Balaban J connectivity index is 1.81. The molecule has 2 amide bonds. The van der Waals surface area contributed by atoms with Crippen molar-refractivity contribution in [2.75, 3.05) is 4.72 Å². The van der Waals surface area contributed by atoms with Gasteiger partial charge in [-0.05, 0) is 78.4 Å². The van der Waals surface area contributed by atoms with Crippen molar-refractivity contribution in [3.63, 3.8) is 0 Å². The van der Waals surface area contributed by atoms with E-state index in [9.17, 15) is 18.0 Å². The molecule has 4 N–H and O–H groups in total. The fourth-order valence-corrected chi connectivity index (χ4v) is 5.20. The molecule has 0 saturated heterocycles. The van der Waals surface area contributed by atoms with E-state index in [-0.39, 0.29) is 10.8 Å². The van der Waals surface area contributed by atoms with Crippen LogP contribution in [0.4, 0.5) is 5.69 Å². The summed E-state index contributed by atoms with van der Waals surface area (Å²) in [5.74, 6) is -1.12. The predicted molar refractivity (Wildman–Crippen MR) is 139 cm³/mol. The highest BCUT2D eigenvalue weighted by atomic mass is 35.5. The van der Waals surface area contributed by atoms with Crippen molar-refractivity contribution in [3.05, 3.63) is 82.4 Å². The highest BCUT2D eigenvalue weighted by Gasteiger charge is 2.22. The van der Waals surface area contributed by atoms with Crippen LogP contribution in [-0.4, -0.2) is 26.3 Å². The topological polar surface area (TPSA) is 118 Å². The van der Waals surface area contributed by atoms with Gasteiger partial charge in [-0.1, -0.05) is 49.7 Å². The van der Waals surface area contributed by atoms with Gasteiger partial charge in [-0.25, -0.2) is 8.42 Å². The lowest BCUT2D eigenvalue weighted by Gasteiger charge is -2.19. The summed E-state index contributed by atoms with van der Waals surface area (Å²) in [7, 11) is -3.83. The number of hydrogen-bond donors (Lipinski definition) is 3. The molecule has 0 fully saturated rings. The maximum absolute atomic E-state index is 13.0. The van der Waals surface area contributed by atoms with Gasteiger partial charge in [-0.15, -0.1) is 0 Å². The molecule has 3 aromatic rings. The smallest absolute Gasteiger partial charge is 0.262 e. The monoisotopic (exact) mass is 513 g/mol. The highest BCUT2D eigenvalue weighted by Crippen LogP contribution is 2.28. The van der Waals surface area contributed by atoms with Crippen LogP contribution in [0.2, 0.25) is 5.02 Å². The van der Waals surface area contributed by atoms with E-state index in [1.165, 1.54) is 0 Å². The number of nitrogens with two attached hydrogens (primary N) is 1. The van der Waals surface area contributed by atoms with Gasteiger partial charge in [0.2, 0.25) is 5.91 Å². The largest absolute Gasteiger partial charge is 0.368 e. The number of carbonyl (C=O) groups excluding carboxylic acids is 2. The van der Waals surface area contributed by atoms with Crippen molar-refractivity contribution in [2.45, 2.75) is 38.6 Å². The molecule has 184 valence electrons. The molecule has 9 heteroatoms. The molecule has 0 saturated carbocycles. The lowest BCUT2D eigenvalue weighted by Crippen LogP contribution is -2.47. The van der Waals surface area contributed by atoms with Gasteiger partial charge >= 0.3 is 0 Å². The van der Waals surface area contributed by atoms with Crippen LogP contribution in [0.25, 0.3) is 11.1 Å². The van der Waals surface area contributed by atoms with E-state index in [1.54, 1.807) is 82.3 Å². The second-order valence-corrected chi connectivity index (χ2v) is 10.8. The van der Waals surface area contributed by atoms with E-state index < -0.39 is 27.9 Å². The molecule has 1 atom stereocenters. The van der Waals surface area contributed by atoms with E-state index in [1.807, 2.05) is 6.07 Å². The van der Waals surface area contributed by atoms with E-state index in [0.717, 1.165) is 11.1 Å². The zero-order valence-corrected chi connectivity index (χ0v) is 21.5. The number of rotatable bonds is 8. The van der Waals surface area contributed by atoms with Gasteiger partial charge in [-0.3, -0.25) is 14.3 Å². The molecule has 0 aliphatic heterocycles. The fourth-order valence-electron chi connectivity index (χ4n) is 3.62. The Kier molecular flexibility index (Phi) is 7.87. The number of halogens is 1. The van der Waals surface area contributed by atoms with E-state index in [2.05, 4.69) is 10.0 Å². The average molecular weight is 514 g/mol. The molecule has 0 aromatic heterocycles.